The van der Waals surface area contributed by atoms with Crippen LogP contribution >= 0.6 is 23.2 Å². The number of amides is 1. The van der Waals surface area contributed by atoms with E-state index in [0.717, 1.165) is 11.1 Å². The van der Waals surface area contributed by atoms with Crippen LogP contribution in [0.4, 0.5) is 11.4 Å². The summed E-state index contributed by atoms with van der Waals surface area (Å²) in [6.07, 6.45) is 0. The van der Waals surface area contributed by atoms with E-state index in [-0.39, 0.29) is 17.5 Å². The highest BCUT2D eigenvalue weighted by molar-refractivity contribution is 6.53. The fraction of sp³-hybridized carbons (Fsp3) is 0.235. The summed E-state index contributed by atoms with van der Waals surface area (Å²) in [5, 5.41) is 13.6. The lowest BCUT2D eigenvalue weighted by molar-refractivity contribution is -0.384. The van der Waals surface area contributed by atoms with Crippen LogP contribution in [-0.4, -0.2) is 15.2 Å². The summed E-state index contributed by atoms with van der Waals surface area (Å²) in [7, 11) is 0. The minimum absolute atomic E-state index is 0.0886. The molecule has 0 bridgehead atoms. The predicted octanol–water partition coefficient (Wildman–Crippen LogP) is 4.43. The van der Waals surface area contributed by atoms with Crippen LogP contribution in [0.2, 0.25) is 0 Å². The number of nitrogens with zero attached hydrogens (tertiary/aromatic N) is 1. The first-order valence-corrected chi connectivity index (χ1v) is 8.06. The maximum Gasteiger partial charge on any atom is 0.271 e. The van der Waals surface area contributed by atoms with E-state index < -0.39 is 15.2 Å². The van der Waals surface area contributed by atoms with Gasteiger partial charge in [0.15, 0.2) is 0 Å². The van der Waals surface area contributed by atoms with Gasteiger partial charge in [-0.15, -0.1) is 23.2 Å². The number of benzene rings is 2. The first-order valence-electron chi connectivity index (χ1n) is 7.31. The van der Waals surface area contributed by atoms with Crippen molar-refractivity contribution >= 4 is 40.5 Å². The SMILES string of the molecule is Cc1ccc([N+](=O)[O-])cc1NC(=O)C1C(c2ccccc2)C1(Cl)Cl. The minimum Gasteiger partial charge on any atom is -0.325 e. The molecule has 0 aliphatic heterocycles. The lowest BCUT2D eigenvalue weighted by atomic mass is 10.1. The summed E-state index contributed by atoms with van der Waals surface area (Å²) in [5.74, 6) is -1.26. The van der Waals surface area contributed by atoms with Crippen molar-refractivity contribution in [2.24, 2.45) is 5.92 Å². The highest BCUT2D eigenvalue weighted by atomic mass is 35.5. The molecule has 2 unspecified atom stereocenters. The fourth-order valence-electron chi connectivity index (χ4n) is 2.80. The van der Waals surface area contributed by atoms with Gasteiger partial charge in [0, 0.05) is 18.1 Å². The molecule has 24 heavy (non-hydrogen) atoms. The van der Waals surface area contributed by atoms with Crippen LogP contribution in [0.15, 0.2) is 48.5 Å². The Morgan fingerprint density at radius 3 is 2.50 bits per heavy atom. The molecule has 124 valence electrons. The van der Waals surface area contributed by atoms with E-state index >= 15 is 0 Å². The molecule has 1 N–H and O–H groups in total. The second kappa shape index (κ2) is 6.07. The monoisotopic (exact) mass is 364 g/mol. The molecule has 1 amide bonds. The molecule has 5 nitrogen and oxygen atoms in total. The number of carbonyl (C=O) groups is 1. The van der Waals surface area contributed by atoms with Crippen molar-refractivity contribution in [1.82, 2.24) is 0 Å². The van der Waals surface area contributed by atoms with Gasteiger partial charge in [-0.1, -0.05) is 36.4 Å². The second-order valence-corrected chi connectivity index (χ2v) is 7.23. The largest absolute Gasteiger partial charge is 0.325 e. The summed E-state index contributed by atoms with van der Waals surface area (Å²) in [6, 6.07) is 13.6. The van der Waals surface area contributed by atoms with Gasteiger partial charge in [-0.3, -0.25) is 14.9 Å². The summed E-state index contributed by atoms with van der Waals surface area (Å²) >= 11 is 12.6. The van der Waals surface area contributed by atoms with Gasteiger partial charge in [-0.25, -0.2) is 0 Å². The fourth-order valence-corrected chi connectivity index (χ4v) is 3.62. The molecular formula is C17H14Cl2N2O3. The number of hydrogen-bond donors (Lipinski definition) is 1. The quantitative estimate of drug-likeness (QED) is 0.495. The molecule has 0 heterocycles. The van der Waals surface area contributed by atoms with Gasteiger partial charge < -0.3 is 5.32 Å². The Morgan fingerprint density at radius 2 is 1.88 bits per heavy atom. The van der Waals surface area contributed by atoms with E-state index in [1.807, 2.05) is 30.3 Å². The molecule has 0 radical (unpaired) electrons. The third-order valence-electron chi connectivity index (χ3n) is 4.18. The predicted molar refractivity (Wildman–Crippen MR) is 93.6 cm³/mol. The van der Waals surface area contributed by atoms with Crippen molar-refractivity contribution in [2.45, 2.75) is 17.2 Å². The third kappa shape index (κ3) is 2.97. The molecule has 1 saturated carbocycles. The maximum atomic E-state index is 12.6. The first kappa shape index (κ1) is 16.7. The Balaban J connectivity index is 1.81. The second-order valence-electron chi connectivity index (χ2n) is 5.79. The van der Waals surface area contributed by atoms with Crippen molar-refractivity contribution in [3.05, 3.63) is 69.8 Å². The summed E-state index contributed by atoms with van der Waals surface area (Å²) in [5.41, 5.74) is 1.91. The molecule has 1 fully saturated rings. The molecule has 0 spiro atoms. The Bertz CT molecular complexity index is 809. The molecular weight excluding hydrogens is 351 g/mol. The van der Waals surface area contributed by atoms with E-state index in [4.69, 9.17) is 23.2 Å². The number of hydrogen-bond acceptors (Lipinski definition) is 3. The number of nitro groups is 1. The van der Waals surface area contributed by atoms with Crippen LogP contribution in [0.25, 0.3) is 0 Å². The highest BCUT2D eigenvalue weighted by Gasteiger charge is 2.67. The highest BCUT2D eigenvalue weighted by Crippen LogP contribution is 2.65. The van der Waals surface area contributed by atoms with E-state index in [1.54, 1.807) is 13.0 Å². The first-order chi connectivity index (χ1) is 11.3. The Hall–Kier alpha value is -2.11. The Labute approximate surface area is 148 Å². The standard InChI is InChI=1S/C17H14Cl2N2O3/c1-10-7-8-12(21(23)24)9-13(10)20-16(22)15-14(17(15,18)19)11-5-3-2-4-6-11/h2-9,14-15H,1H3,(H,20,22). The van der Waals surface area contributed by atoms with Gasteiger partial charge in [0.2, 0.25) is 5.91 Å². The Kier molecular flexibility index (Phi) is 4.24. The lowest BCUT2D eigenvalue weighted by Crippen LogP contribution is -2.17. The third-order valence-corrected chi connectivity index (χ3v) is 5.12. The van der Waals surface area contributed by atoms with Crippen molar-refractivity contribution < 1.29 is 9.72 Å². The van der Waals surface area contributed by atoms with E-state index in [9.17, 15) is 14.9 Å². The summed E-state index contributed by atoms with van der Waals surface area (Å²) in [4.78, 5) is 22.9. The average molecular weight is 365 g/mol. The number of aryl methyl sites for hydroxylation is 1. The van der Waals surface area contributed by atoms with E-state index in [2.05, 4.69) is 5.32 Å². The van der Waals surface area contributed by atoms with Crippen LogP contribution in [0.5, 0.6) is 0 Å². The van der Waals surface area contributed by atoms with Crippen molar-refractivity contribution in [1.29, 1.82) is 0 Å². The minimum atomic E-state index is -1.18. The molecule has 2 atom stereocenters. The van der Waals surface area contributed by atoms with E-state index in [0.29, 0.717) is 5.69 Å². The van der Waals surface area contributed by atoms with Crippen molar-refractivity contribution in [2.75, 3.05) is 5.32 Å². The number of nitro benzene ring substituents is 1. The van der Waals surface area contributed by atoms with Crippen LogP contribution in [-0.2, 0) is 4.79 Å². The number of rotatable bonds is 4. The van der Waals surface area contributed by atoms with Gasteiger partial charge in [0.25, 0.3) is 5.69 Å². The van der Waals surface area contributed by atoms with Gasteiger partial charge >= 0.3 is 0 Å². The number of non-ortho nitro benzene ring substituents is 1. The molecule has 3 rings (SSSR count). The number of alkyl halides is 2. The molecule has 0 saturated heterocycles. The summed E-state index contributed by atoms with van der Waals surface area (Å²) < 4.78 is -1.18. The van der Waals surface area contributed by atoms with Crippen LogP contribution in [0.1, 0.15) is 17.0 Å². The van der Waals surface area contributed by atoms with Crippen LogP contribution < -0.4 is 5.32 Å². The topological polar surface area (TPSA) is 72.2 Å². The molecule has 0 aromatic heterocycles. The zero-order valence-electron chi connectivity index (χ0n) is 12.7. The normalized spacial score (nSPS) is 21.1. The molecule has 1 aliphatic rings. The zero-order chi connectivity index (χ0) is 17.5. The van der Waals surface area contributed by atoms with Crippen molar-refractivity contribution in [3.63, 3.8) is 0 Å². The van der Waals surface area contributed by atoms with Crippen LogP contribution in [0, 0.1) is 23.0 Å². The van der Waals surface area contributed by atoms with Gasteiger partial charge in [-0.2, -0.15) is 0 Å². The molecule has 2 aromatic rings. The number of anilines is 1. The zero-order valence-corrected chi connectivity index (χ0v) is 14.2. The van der Waals surface area contributed by atoms with Gasteiger partial charge in [0.1, 0.15) is 4.33 Å². The van der Waals surface area contributed by atoms with E-state index in [1.165, 1.54) is 12.1 Å². The molecule has 2 aromatic carbocycles. The smallest absolute Gasteiger partial charge is 0.271 e. The number of halogens is 2. The molecule has 7 heteroatoms. The Morgan fingerprint density at radius 1 is 1.21 bits per heavy atom. The summed E-state index contributed by atoms with van der Waals surface area (Å²) in [6.45, 7) is 1.76. The average Bonchev–Trinajstić information content (AvgIpc) is 3.12. The van der Waals surface area contributed by atoms with Crippen LogP contribution in [0.3, 0.4) is 0 Å². The maximum absolute atomic E-state index is 12.6. The lowest BCUT2D eigenvalue weighted by Gasteiger charge is -2.08. The molecule has 1 aliphatic carbocycles. The van der Waals surface area contributed by atoms with Gasteiger partial charge in [0.05, 0.1) is 16.5 Å². The van der Waals surface area contributed by atoms with Crippen molar-refractivity contribution in [3.8, 4) is 0 Å². The van der Waals surface area contributed by atoms with Gasteiger partial charge in [-0.05, 0) is 18.1 Å². The number of carbonyl (C=O) groups excluding carboxylic acids is 1. The number of nitrogens with one attached hydrogen (secondary N) is 1.